The van der Waals surface area contributed by atoms with E-state index in [0.717, 1.165) is 17.8 Å². The van der Waals surface area contributed by atoms with Gasteiger partial charge in [0.1, 0.15) is 16.9 Å². The molecule has 5 nitrogen and oxygen atoms in total. The molecule has 2 rings (SSSR count). The second kappa shape index (κ2) is 4.06. The molecule has 1 unspecified atom stereocenters. The number of nitrogen functional groups attached to an aromatic ring is 1. The lowest BCUT2D eigenvalue weighted by Gasteiger charge is -2.12. The van der Waals surface area contributed by atoms with Crippen LogP contribution in [0, 0.1) is 0 Å². The van der Waals surface area contributed by atoms with Crippen LogP contribution in [0.25, 0.3) is 0 Å². The molecule has 1 aliphatic rings. The molecule has 1 atom stereocenters. The van der Waals surface area contributed by atoms with E-state index in [9.17, 15) is 4.79 Å². The first-order valence-corrected chi connectivity index (χ1v) is 5.71. The number of anilines is 2. The Morgan fingerprint density at radius 3 is 3.00 bits per heavy atom. The topological polar surface area (TPSA) is 80.0 Å². The molecule has 1 fully saturated rings. The lowest BCUT2D eigenvalue weighted by Crippen LogP contribution is -2.38. The number of nitrogens with zero attached hydrogens (tertiary/aromatic N) is 1. The van der Waals surface area contributed by atoms with Gasteiger partial charge < -0.3 is 16.4 Å². The van der Waals surface area contributed by atoms with Gasteiger partial charge in [-0.3, -0.25) is 4.79 Å². The van der Waals surface area contributed by atoms with Crippen LogP contribution in [0.5, 0.6) is 0 Å². The zero-order valence-corrected chi connectivity index (χ0v) is 9.30. The SMILES string of the molecule is CC(Nc1cc(N)ns1)C(=O)NC1CC1. The fourth-order valence-electron chi connectivity index (χ4n) is 1.19. The Morgan fingerprint density at radius 1 is 1.73 bits per heavy atom. The van der Waals surface area contributed by atoms with Gasteiger partial charge in [0.05, 0.1) is 0 Å². The van der Waals surface area contributed by atoms with Gasteiger partial charge in [-0.05, 0) is 31.3 Å². The molecular weight excluding hydrogens is 212 g/mol. The van der Waals surface area contributed by atoms with Crippen molar-refractivity contribution in [1.82, 2.24) is 9.69 Å². The van der Waals surface area contributed by atoms with Crippen molar-refractivity contribution >= 4 is 28.3 Å². The highest BCUT2D eigenvalue weighted by Crippen LogP contribution is 2.20. The number of amides is 1. The Bertz CT molecular complexity index is 361. The highest BCUT2D eigenvalue weighted by molar-refractivity contribution is 7.10. The first kappa shape index (κ1) is 10.2. The molecule has 1 heterocycles. The molecule has 6 heteroatoms. The summed E-state index contributed by atoms with van der Waals surface area (Å²) in [6.45, 7) is 1.83. The zero-order valence-electron chi connectivity index (χ0n) is 8.49. The molecule has 82 valence electrons. The minimum atomic E-state index is -0.245. The Morgan fingerprint density at radius 2 is 2.47 bits per heavy atom. The third-order valence-corrected chi connectivity index (χ3v) is 2.94. The molecule has 0 aromatic carbocycles. The van der Waals surface area contributed by atoms with Gasteiger partial charge in [-0.2, -0.15) is 4.37 Å². The molecule has 0 aliphatic heterocycles. The minimum Gasteiger partial charge on any atom is -0.383 e. The highest BCUT2D eigenvalue weighted by Gasteiger charge is 2.25. The van der Waals surface area contributed by atoms with Gasteiger partial charge >= 0.3 is 0 Å². The predicted octanol–water partition coefficient (Wildman–Crippen LogP) is 0.804. The number of rotatable bonds is 4. The second-order valence-corrected chi connectivity index (χ2v) is 4.57. The third-order valence-electron chi connectivity index (χ3n) is 2.20. The highest BCUT2D eigenvalue weighted by atomic mass is 32.1. The molecule has 15 heavy (non-hydrogen) atoms. The molecule has 0 bridgehead atoms. The second-order valence-electron chi connectivity index (χ2n) is 3.76. The van der Waals surface area contributed by atoms with E-state index in [1.165, 1.54) is 11.5 Å². The van der Waals surface area contributed by atoms with E-state index in [1.807, 2.05) is 6.92 Å². The fraction of sp³-hybridized carbons (Fsp3) is 0.556. The van der Waals surface area contributed by atoms with Crippen LogP contribution in [0.4, 0.5) is 10.8 Å². The standard InChI is InChI=1S/C9H14N4OS/c1-5(9(14)12-6-2-3-6)11-8-4-7(10)13-15-8/h4-6,11H,2-3H2,1H3,(H2,10,13)(H,12,14). The molecule has 0 saturated heterocycles. The van der Waals surface area contributed by atoms with Crippen LogP contribution in [0.3, 0.4) is 0 Å². The average Bonchev–Trinajstić information content (AvgIpc) is 2.90. The number of aromatic nitrogens is 1. The van der Waals surface area contributed by atoms with Crippen LogP contribution in [0.1, 0.15) is 19.8 Å². The largest absolute Gasteiger partial charge is 0.383 e. The average molecular weight is 226 g/mol. The lowest BCUT2D eigenvalue weighted by molar-refractivity contribution is -0.121. The van der Waals surface area contributed by atoms with Crippen LogP contribution < -0.4 is 16.4 Å². The van der Waals surface area contributed by atoms with Gasteiger partial charge in [0.25, 0.3) is 0 Å². The van der Waals surface area contributed by atoms with Crippen LogP contribution in [-0.2, 0) is 4.79 Å². The zero-order chi connectivity index (χ0) is 10.8. The van der Waals surface area contributed by atoms with Gasteiger partial charge in [-0.1, -0.05) is 0 Å². The van der Waals surface area contributed by atoms with Crippen molar-refractivity contribution in [3.63, 3.8) is 0 Å². The van der Waals surface area contributed by atoms with Crippen LogP contribution in [-0.4, -0.2) is 22.4 Å². The van der Waals surface area contributed by atoms with E-state index in [2.05, 4.69) is 15.0 Å². The van der Waals surface area contributed by atoms with Crippen LogP contribution >= 0.6 is 11.5 Å². The third kappa shape index (κ3) is 2.82. The number of hydrogen-bond donors (Lipinski definition) is 3. The quantitative estimate of drug-likeness (QED) is 0.709. The summed E-state index contributed by atoms with van der Waals surface area (Å²) in [5.41, 5.74) is 5.48. The van der Waals surface area contributed by atoms with E-state index < -0.39 is 0 Å². The Kier molecular flexibility index (Phi) is 2.77. The smallest absolute Gasteiger partial charge is 0.242 e. The minimum absolute atomic E-state index is 0.0319. The number of nitrogens with one attached hydrogen (secondary N) is 2. The Labute approximate surface area is 92.2 Å². The summed E-state index contributed by atoms with van der Waals surface area (Å²) in [5.74, 6) is 0.516. The van der Waals surface area contributed by atoms with E-state index in [4.69, 9.17) is 5.73 Å². The van der Waals surface area contributed by atoms with E-state index in [0.29, 0.717) is 11.9 Å². The molecule has 0 radical (unpaired) electrons. The maximum absolute atomic E-state index is 11.6. The summed E-state index contributed by atoms with van der Waals surface area (Å²) in [5, 5.41) is 6.82. The van der Waals surface area contributed by atoms with Crippen molar-refractivity contribution in [2.75, 3.05) is 11.1 Å². The van der Waals surface area contributed by atoms with Gasteiger partial charge in [0.2, 0.25) is 5.91 Å². The van der Waals surface area contributed by atoms with Gasteiger partial charge in [0, 0.05) is 12.1 Å². The molecule has 1 amide bonds. The van der Waals surface area contributed by atoms with Gasteiger partial charge in [-0.25, -0.2) is 0 Å². The van der Waals surface area contributed by atoms with Gasteiger partial charge in [0.15, 0.2) is 0 Å². The number of carbonyl (C=O) groups is 1. The Hall–Kier alpha value is -1.30. The maximum atomic E-state index is 11.6. The fourth-order valence-corrected chi connectivity index (χ4v) is 1.85. The number of carbonyl (C=O) groups excluding carboxylic acids is 1. The molecule has 1 aromatic heterocycles. The van der Waals surface area contributed by atoms with Crippen molar-refractivity contribution in [3.8, 4) is 0 Å². The summed E-state index contributed by atoms with van der Waals surface area (Å²) in [7, 11) is 0. The molecule has 1 aliphatic carbocycles. The maximum Gasteiger partial charge on any atom is 0.242 e. The van der Waals surface area contributed by atoms with Crippen molar-refractivity contribution in [2.24, 2.45) is 0 Å². The summed E-state index contributed by atoms with van der Waals surface area (Å²) in [6.07, 6.45) is 2.21. The summed E-state index contributed by atoms with van der Waals surface area (Å²) in [6, 6.07) is 1.88. The van der Waals surface area contributed by atoms with Crippen molar-refractivity contribution in [3.05, 3.63) is 6.07 Å². The summed E-state index contributed by atoms with van der Waals surface area (Å²) < 4.78 is 3.93. The summed E-state index contributed by atoms with van der Waals surface area (Å²) in [4.78, 5) is 11.6. The summed E-state index contributed by atoms with van der Waals surface area (Å²) >= 11 is 1.26. The molecule has 4 N–H and O–H groups in total. The van der Waals surface area contributed by atoms with Crippen molar-refractivity contribution in [1.29, 1.82) is 0 Å². The van der Waals surface area contributed by atoms with Crippen LogP contribution in [0.15, 0.2) is 6.07 Å². The molecule has 1 aromatic rings. The van der Waals surface area contributed by atoms with Crippen molar-refractivity contribution < 1.29 is 4.79 Å². The number of nitrogens with two attached hydrogens (primary N) is 1. The van der Waals surface area contributed by atoms with Gasteiger partial charge in [-0.15, -0.1) is 0 Å². The Balaban J connectivity index is 1.84. The van der Waals surface area contributed by atoms with Crippen molar-refractivity contribution in [2.45, 2.75) is 31.8 Å². The molecule has 1 saturated carbocycles. The predicted molar refractivity (Wildman–Crippen MR) is 60.8 cm³/mol. The lowest BCUT2D eigenvalue weighted by atomic mass is 10.3. The van der Waals surface area contributed by atoms with Crippen LogP contribution in [0.2, 0.25) is 0 Å². The number of hydrogen-bond acceptors (Lipinski definition) is 5. The molecular formula is C9H14N4OS. The van der Waals surface area contributed by atoms with E-state index in [1.54, 1.807) is 6.07 Å². The first-order chi connectivity index (χ1) is 7.15. The normalized spacial score (nSPS) is 17.1. The molecule has 0 spiro atoms. The first-order valence-electron chi connectivity index (χ1n) is 4.94. The van der Waals surface area contributed by atoms with E-state index in [-0.39, 0.29) is 11.9 Å². The monoisotopic (exact) mass is 226 g/mol. The van der Waals surface area contributed by atoms with E-state index >= 15 is 0 Å².